The number of carbonyl (C=O) groups excluding carboxylic acids is 2. The van der Waals surface area contributed by atoms with Crippen LogP contribution in [0.5, 0.6) is 5.75 Å². The molecular weight excluding hydrogens is 536 g/mol. The second kappa shape index (κ2) is 12.6. The van der Waals surface area contributed by atoms with Gasteiger partial charge in [0.25, 0.3) is 0 Å². The predicted molar refractivity (Wildman–Crippen MR) is 151 cm³/mol. The summed E-state index contributed by atoms with van der Waals surface area (Å²) in [6.45, 7) is 3.75. The van der Waals surface area contributed by atoms with E-state index in [2.05, 4.69) is 10.6 Å². The van der Waals surface area contributed by atoms with Gasteiger partial charge in [-0.05, 0) is 80.8 Å². The van der Waals surface area contributed by atoms with Crippen molar-refractivity contribution < 1.29 is 29.0 Å². The van der Waals surface area contributed by atoms with Crippen LogP contribution in [0.15, 0.2) is 45.6 Å². The number of carboxylic acid groups (broad SMARTS) is 1. The van der Waals surface area contributed by atoms with Crippen LogP contribution < -0.4 is 16.3 Å². The fourth-order valence-corrected chi connectivity index (χ4v) is 5.36. The van der Waals surface area contributed by atoms with E-state index in [0.29, 0.717) is 53.8 Å². The summed E-state index contributed by atoms with van der Waals surface area (Å²) in [6.07, 6.45) is 2.50. The van der Waals surface area contributed by atoms with Gasteiger partial charge in [0.15, 0.2) is 0 Å². The first-order valence-electron chi connectivity index (χ1n) is 13.3. The third-order valence-electron chi connectivity index (χ3n) is 7.78. The summed E-state index contributed by atoms with van der Waals surface area (Å²) in [5.74, 6) is -1.82. The lowest BCUT2D eigenvalue weighted by molar-refractivity contribution is -0.143. The number of aromatic hydroxyl groups is 1. The highest BCUT2D eigenvalue weighted by Gasteiger charge is 2.28. The van der Waals surface area contributed by atoms with Crippen molar-refractivity contribution in [2.45, 2.75) is 58.4 Å². The predicted octanol–water partition coefficient (Wildman–Crippen LogP) is 4.05. The molecule has 0 saturated heterocycles. The van der Waals surface area contributed by atoms with Crippen LogP contribution in [-0.4, -0.2) is 40.6 Å². The summed E-state index contributed by atoms with van der Waals surface area (Å²) in [7, 11) is 0. The molecule has 2 aromatic carbocycles. The zero-order valence-corrected chi connectivity index (χ0v) is 23.2. The van der Waals surface area contributed by atoms with Crippen molar-refractivity contribution >= 4 is 40.4 Å². The lowest BCUT2D eigenvalue weighted by atomic mass is 9.82. The van der Waals surface area contributed by atoms with Gasteiger partial charge in [0.1, 0.15) is 17.4 Å². The van der Waals surface area contributed by atoms with Crippen molar-refractivity contribution in [1.29, 1.82) is 0 Å². The number of benzene rings is 2. The number of phenolic OH excluding ortho intramolecular Hbond substituents is 1. The van der Waals surface area contributed by atoms with E-state index in [-0.39, 0.29) is 47.5 Å². The highest BCUT2D eigenvalue weighted by atomic mass is 35.5. The molecule has 10 heteroatoms. The van der Waals surface area contributed by atoms with Crippen molar-refractivity contribution in [3.63, 3.8) is 0 Å². The topological polar surface area (TPSA) is 146 Å². The van der Waals surface area contributed by atoms with E-state index in [1.165, 1.54) is 6.07 Å². The molecule has 40 heavy (non-hydrogen) atoms. The number of amides is 2. The fraction of sp³-hybridized carbons (Fsp3) is 0.400. The van der Waals surface area contributed by atoms with Crippen LogP contribution in [0.1, 0.15) is 47.9 Å². The molecule has 1 aromatic heterocycles. The van der Waals surface area contributed by atoms with Gasteiger partial charge in [-0.2, -0.15) is 0 Å². The van der Waals surface area contributed by atoms with Gasteiger partial charge in [0.05, 0.1) is 17.9 Å². The van der Waals surface area contributed by atoms with Crippen LogP contribution in [0.25, 0.3) is 11.0 Å². The maximum absolute atomic E-state index is 13.2. The van der Waals surface area contributed by atoms with Crippen LogP contribution in [0.4, 0.5) is 0 Å². The molecule has 9 nitrogen and oxygen atoms in total. The molecule has 0 radical (unpaired) electrons. The molecule has 0 bridgehead atoms. The number of phenols is 1. The quantitative estimate of drug-likeness (QED) is 0.285. The van der Waals surface area contributed by atoms with E-state index < -0.39 is 23.5 Å². The minimum atomic E-state index is -0.906. The van der Waals surface area contributed by atoms with E-state index in [9.17, 15) is 29.4 Å². The number of nitrogens with one attached hydrogen (secondary N) is 2. The summed E-state index contributed by atoms with van der Waals surface area (Å²) in [6, 6.07) is 9.21. The van der Waals surface area contributed by atoms with Gasteiger partial charge < -0.3 is 25.3 Å². The zero-order valence-electron chi connectivity index (χ0n) is 22.5. The summed E-state index contributed by atoms with van der Waals surface area (Å²) in [5, 5.41) is 26.1. The molecule has 1 saturated carbocycles. The second-order valence-corrected chi connectivity index (χ2v) is 10.9. The van der Waals surface area contributed by atoms with Crippen LogP contribution in [0, 0.1) is 25.7 Å². The Bertz CT molecular complexity index is 1470. The van der Waals surface area contributed by atoms with Gasteiger partial charge >= 0.3 is 11.6 Å². The summed E-state index contributed by atoms with van der Waals surface area (Å²) >= 11 is 6.00. The SMILES string of the molecule is Cc1c(CC(=O)N[C@H](Cc2ccc(Cl)cc2)C(=O)NCC2CCC(C(=O)O)CC2)c(=O)oc2c(C)c(O)ccc12. The lowest BCUT2D eigenvalue weighted by Crippen LogP contribution is -2.49. The number of rotatable bonds is 9. The molecule has 4 rings (SSSR count). The van der Waals surface area contributed by atoms with Crippen LogP contribution >= 0.6 is 11.6 Å². The van der Waals surface area contributed by atoms with Crippen molar-refractivity contribution in [2.24, 2.45) is 11.8 Å². The Balaban J connectivity index is 1.48. The van der Waals surface area contributed by atoms with Crippen LogP contribution in [0.2, 0.25) is 5.02 Å². The molecule has 1 atom stereocenters. The molecule has 1 heterocycles. The molecule has 1 aliphatic carbocycles. The Morgan fingerprint density at radius 1 is 1.02 bits per heavy atom. The Kier molecular flexibility index (Phi) is 9.14. The zero-order chi connectivity index (χ0) is 29.0. The van der Waals surface area contributed by atoms with Gasteiger partial charge in [0.2, 0.25) is 11.8 Å². The number of halogens is 1. The standard InChI is InChI=1S/C30H33ClN2O7/c1-16-22-11-12-25(34)17(2)27(22)40-30(39)23(16)14-26(35)33-24(13-18-5-9-21(31)10-6-18)28(36)32-15-19-3-7-20(8-4-19)29(37)38/h5-6,9-12,19-20,24,34H,3-4,7-8,13-15H2,1-2H3,(H,32,36)(H,33,35)(H,37,38)/t19?,20?,24-/m1/s1. The Labute approximate surface area is 236 Å². The molecule has 1 fully saturated rings. The maximum Gasteiger partial charge on any atom is 0.340 e. The first-order valence-corrected chi connectivity index (χ1v) is 13.7. The Morgan fingerprint density at radius 3 is 2.35 bits per heavy atom. The highest BCUT2D eigenvalue weighted by Crippen LogP contribution is 2.29. The lowest BCUT2D eigenvalue weighted by Gasteiger charge is -2.27. The molecule has 0 spiro atoms. The highest BCUT2D eigenvalue weighted by molar-refractivity contribution is 6.30. The number of carboxylic acids is 1. The van der Waals surface area contributed by atoms with E-state index >= 15 is 0 Å². The third kappa shape index (κ3) is 6.83. The first-order chi connectivity index (χ1) is 19.0. The Morgan fingerprint density at radius 2 is 1.70 bits per heavy atom. The molecule has 0 unspecified atom stereocenters. The Hall–Kier alpha value is -3.85. The fourth-order valence-electron chi connectivity index (χ4n) is 5.24. The van der Waals surface area contributed by atoms with Gasteiger partial charge in [0, 0.05) is 28.9 Å². The van der Waals surface area contributed by atoms with E-state index in [1.54, 1.807) is 44.2 Å². The van der Waals surface area contributed by atoms with Gasteiger partial charge in [-0.1, -0.05) is 23.7 Å². The van der Waals surface area contributed by atoms with Crippen molar-refractivity contribution in [3.05, 3.63) is 74.1 Å². The van der Waals surface area contributed by atoms with E-state index in [1.807, 2.05) is 0 Å². The van der Waals surface area contributed by atoms with Gasteiger partial charge in [-0.15, -0.1) is 0 Å². The van der Waals surface area contributed by atoms with Crippen LogP contribution in [0.3, 0.4) is 0 Å². The molecule has 2 amide bonds. The van der Waals surface area contributed by atoms with Crippen molar-refractivity contribution in [3.8, 4) is 5.75 Å². The number of hydrogen-bond donors (Lipinski definition) is 4. The number of carbonyl (C=O) groups is 3. The number of fused-ring (bicyclic) bond motifs is 1. The summed E-state index contributed by atoms with van der Waals surface area (Å²) in [4.78, 5) is 50.4. The average molecular weight is 569 g/mol. The van der Waals surface area contributed by atoms with Crippen molar-refractivity contribution in [2.75, 3.05) is 6.54 Å². The normalized spacial score (nSPS) is 17.8. The molecular formula is C30H33ClN2O7. The monoisotopic (exact) mass is 568 g/mol. The number of hydrogen-bond acceptors (Lipinski definition) is 6. The average Bonchev–Trinajstić information content (AvgIpc) is 2.93. The maximum atomic E-state index is 13.2. The van der Waals surface area contributed by atoms with Crippen LogP contribution in [-0.2, 0) is 27.2 Å². The number of aliphatic carboxylic acids is 1. The molecule has 212 valence electrons. The molecule has 0 aliphatic heterocycles. The minimum Gasteiger partial charge on any atom is -0.508 e. The largest absolute Gasteiger partial charge is 0.508 e. The molecule has 4 N–H and O–H groups in total. The smallest absolute Gasteiger partial charge is 0.340 e. The first kappa shape index (κ1) is 29.1. The van der Waals surface area contributed by atoms with E-state index in [4.69, 9.17) is 16.0 Å². The minimum absolute atomic E-state index is 0.00604. The second-order valence-electron chi connectivity index (χ2n) is 10.5. The van der Waals surface area contributed by atoms with Gasteiger partial charge in [-0.25, -0.2) is 4.79 Å². The van der Waals surface area contributed by atoms with Crippen molar-refractivity contribution in [1.82, 2.24) is 10.6 Å². The molecule has 3 aromatic rings. The number of aryl methyl sites for hydroxylation is 2. The molecule has 1 aliphatic rings. The van der Waals surface area contributed by atoms with E-state index in [0.717, 1.165) is 5.56 Å². The summed E-state index contributed by atoms with van der Waals surface area (Å²) < 4.78 is 5.45. The summed E-state index contributed by atoms with van der Waals surface area (Å²) in [5.41, 5.74) is 1.57. The third-order valence-corrected chi connectivity index (χ3v) is 8.03. The van der Waals surface area contributed by atoms with Gasteiger partial charge in [-0.3, -0.25) is 14.4 Å².